The normalized spacial score (nSPS) is 19.5. The van der Waals surface area contributed by atoms with E-state index in [0.29, 0.717) is 18.6 Å². The van der Waals surface area contributed by atoms with Crippen LogP contribution in [0.4, 0.5) is 0 Å². The third-order valence-corrected chi connectivity index (χ3v) is 5.37. The van der Waals surface area contributed by atoms with Crippen molar-refractivity contribution < 1.29 is 34.1 Å². The first kappa shape index (κ1) is 25.6. The molecule has 9 nitrogen and oxygen atoms in total. The molecule has 1 heterocycles. The lowest BCUT2D eigenvalue weighted by Gasteiger charge is -2.35. The SMILES string of the molecule is COC(=O)C1CC(OCCCO)CN1C(=O)C(NC(=O)Cc1cccc(O)c1)C(C)(C)C. The number of aromatic hydroxyl groups is 1. The molecule has 2 amide bonds. The van der Waals surface area contributed by atoms with Crippen molar-refractivity contribution in [2.45, 2.75) is 58.2 Å². The maximum atomic E-state index is 13.5. The third-order valence-electron chi connectivity index (χ3n) is 5.37. The van der Waals surface area contributed by atoms with E-state index in [1.54, 1.807) is 12.1 Å². The van der Waals surface area contributed by atoms with Gasteiger partial charge in [-0.1, -0.05) is 32.9 Å². The van der Waals surface area contributed by atoms with Crippen LogP contribution in [0, 0.1) is 5.41 Å². The Morgan fingerprint density at radius 3 is 2.59 bits per heavy atom. The highest BCUT2D eigenvalue weighted by molar-refractivity contribution is 5.92. The highest BCUT2D eigenvalue weighted by atomic mass is 16.5. The van der Waals surface area contributed by atoms with E-state index in [-0.39, 0.29) is 49.7 Å². The topological polar surface area (TPSA) is 125 Å². The lowest BCUT2D eigenvalue weighted by atomic mass is 9.85. The molecule has 32 heavy (non-hydrogen) atoms. The van der Waals surface area contributed by atoms with Crippen LogP contribution in [0.1, 0.15) is 39.2 Å². The fourth-order valence-corrected chi connectivity index (χ4v) is 3.71. The van der Waals surface area contributed by atoms with Gasteiger partial charge in [0.15, 0.2) is 0 Å². The zero-order chi connectivity index (χ0) is 23.9. The van der Waals surface area contributed by atoms with Crippen LogP contribution in [0.5, 0.6) is 5.75 Å². The van der Waals surface area contributed by atoms with Crippen LogP contribution in [-0.2, 0) is 30.3 Å². The number of aliphatic hydroxyl groups is 1. The number of methoxy groups -OCH3 is 1. The number of carbonyl (C=O) groups is 3. The van der Waals surface area contributed by atoms with E-state index >= 15 is 0 Å². The van der Waals surface area contributed by atoms with Crippen molar-refractivity contribution in [2.75, 3.05) is 26.9 Å². The number of amides is 2. The van der Waals surface area contributed by atoms with Crippen LogP contribution in [0.3, 0.4) is 0 Å². The van der Waals surface area contributed by atoms with Crippen molar-refractivity contribution in [3.63, 3.8) is 0 Å². The molecule has 0 saturated carbocycles. The molecule has 0 aromatic heterocycles. The summed E-state index contributed by atoms with van der Waals surface area (Å²) in [5, 5.41) is 21.4. The van der Waals surface area contributed by atoms with E-state index in [1.165, 1.54) is 24.1 Å². The van der Waals surface area contributed by atoms with E-state index in [0.717, 1.165) is 0 Å². The molecule has 3 N–H and O–H groups in total. The Balaban J connectivity index is 2.16. The number of nitrogens with one attached hydrogen (secondary N) is 1. The quantitative estimate of drug-likeness (QED) is 0.379. The molecular formula is C23H34N2O7. The van der Waals surface area contributed by atoms with Crippen LogP contribution in [-0.4, -0.2) is 78.0 Å². The predicted molar refractivity (Wildman–Crippen MR) is 117 cm³/mol. The maximum absolute atomic E-state index is 13.5. The number of phenols is 1. The third kappa shape index (κ3) is 6.93. The number of carbonyl (C=O) groups excluding carboxylic acids is 3. The van der Waals surface area contributed by atoms with Gasteiger partial charge in [0, 0.05) is 26.2 Å². The van der Waals surface area contributed by atoms with Crippen LogP contribution < -0.4 is 5.32 Å². The molecule has 1 aromatic rings. The van der Waals surface area contributed by atoms with Gasteiger partial charge in [0.1, 0.15) is 17.8 Å². The number of nitrogens with zero attached hydrogens (tertiary/aromatic N) is 1. The van der Waals surface area contributed by atoms with E-state index in [9.17, 15) is 19.5 Å². The Morgan fingerprint density at radius 2 is 2.00 bits per heavy atom. The van der Waals surface area contributed by atoms with Crippen molar-refractivity contribution in [3.05, 3.63) is 29.8 Å². The van der Waals surface area contributed by atoms with Crippen LogP contribution >= 0.6 is 0 Å². The number of aliphatic hydroxyl groups excluding tert-OH is 1. The Hall–Kier alpha value is -2.65. The molecule has 3 unspecified atom stereocenters. The molecule has 1 saturated heterocycles. The first-order valence-corrected chi connectivity index (χ1v) is 10.7. The molecule has 0 spiro atoms. The Bertz CT molecular complexity index is 806. The molecule has 1 aromatic carbocycles. The monoisotopic (exact) mass is 450 g/mol. The van der Waals surface area contributed by atoms with Crippen LogP contribution in [0.2, 0.25) is 0 Å². The second-order valence-corrected chi connectivity index (χ2v) is 9.05. The number of phenolic OH excluding ortho intramolecular Hbond substituents is 1. The molecule has 0 aliphatic carbocycles. The summed E-state index contributed by atoms with van der Waals surface area (Å²) in [5.74, 6) is -1.23. The predicted octanol–water partition coefficient (Wildman–Crippen LogP) is 1.01. The fourth-order valence-electron chi connectivity index (χ4n) is 3.71. The first-order chi connectivity index (χ1) is 15.1. The van der Waals surface area contributed by atoms with Gasteiger partial charge in [0.05, 0.1) is 19.6 Å². The average molecular weight is 451 g/mol. The van der Waals surface area contributed by atoms with Crippen molar-refractivity contribution in [3.8, 4) is 5.75 Å². The largest absolute Gasteiger partial charge is 0.508 e. The molecule has 1 aliphatic heterocycles. The number of hydrogen-bond donors (Lipinski definition) is 3. The van der Waals surface area contributed by atoms with Crippen molar-refractivity contribution in [1.29, 1.82) is 0 Å². The zero-order valence-electron chi connectivity index (χ0n) is 19.2. The summed E-state index contributed by atoms with van der Waals surface area (Å²) in [6.07, 6.45) is 0.390. The Morgan fingerprint density at radius 1 is 1.28 bits per heavy atom. The number of benzene rings is 1. The summed E-state index contributed by atoms with van der Waals surface area (Å²) in [6, 6.07) is 4.69. The fraction of sp³-hybridized carbons (Fsp3) is 0.609. The highest BCUT2D eigenvalue weighted by Gasteiger charge is 2.45. The van der Waals surface area contributed by atoms with Gasteiger partial charge in [-0.2, -0.15) is 0 Å². The second kappa shape index (κ2) is 11.3. The zero-order valence-corrected chi connectivity index (χ0v) is 19.2. The molecule has 2 rings (SSSR count). The minimum absolute atomic E-state index is 0.00157. The van der Waals surface area contributed by atoms with Gasteiger partial charge in [0.25, 0.3) is 0 Å². The minimum Gasteiger partial charge on any atom is -0.508 e. The maximum Gasteiger partial charge on any atom is 0.328 e. The van der Waals surface area contributed by atoms with E-state index in [4.69, 9.17) is 14.6 Å². The molecule has 178 valence electrons. The first-order valence-electron chi connectivity index (χ1n) is 10.7. The summed E-state index contributed by atoms with van der Waals surface area (Å²) in [5.41, 5.74) is -0.00390. The highest BCUT2D eigenvalue weighted by Crippen LogP contribution is 2.28. The molecule has 9 heteroatoms. The summed E-state index contributed by atoms with van der Waals surface area (Å²) in [6.45, 7) is 6.01. The summed E-state index contributed by atoms with van der Waals surface area (Å²) in [4.78, 5) is 40.0. The van der Waals surface area contributed by atoms with Gasteiger partial charge in [-0.05, 0) is 29.5 Å². The molecule has 0 bridgehead atoms. The van der Waals surface area contributed by atoms with Gasteiger partial charge >= 0.3 is 5.97 Å². The van der Waals surface area contributed by atoms with Crippen molar-refractivity contribution in [2.24, 2.45) is 5.41 Å². The van der Waals surface area contributed by atoms with Gasteiger partial charge in [-0.15, -0.1) is 0 Å². The second-order valence-electron chi connectivity index (χ2n) is 9.05. The number of ether oxygens (including phenoxy) is 2. The van der Waals surface area contributed by atoms with E-state index < -0.39 is 23.5 Å². The number of hydrogen-bond acceptors (Lipinski definition) is 7. The smallest absolute Gasteiger partial charge is 0.328 e. The Kier molecular flexibility index (Phi) is 9.03. The molecule has 3 atom stereocenters. The summed E-state index contributed by atoms with van der Waals surface area (Å²) >= 11 is 0. The molecule has 0 radical (unpaired) electrons. The van der Waals surface area contributed by atoms with Crippen molar-refractivity contribution >= 4 is 17.8 Å². The Labute approximate surface area is 188 Å². The van der Waals surface area contributed by atoms with E-state index in [1.807, 2.05) is 20.8 Å². The molecular weight excluding hydrogens is 416 g/mol. The minimum atomic E-state index is -0.879. The lowest BCUT2D eigenvalue weighted by molar-refractivity contribution is -0.153. The molecule has 1 fully saturated rings. The lowest BCUT2D eigenvalue weighted by Crippen LogP contribution is -2.57. The standard InChI is InChI=1S/C23H34N2O7/c1-23(2,3)20(24-19(28)12-15-7-5-8-16(27)11-15)21(29)25-14-17(32-10-6-9-26)13-18(25)22(30)31-4/h5,7-8,11,17-18,20,26-27H,6,9-10,12-14H2,1-4H3,(H,24,28). The van der Waals surface area contributed by atoms with Crippen LogP contribution in [0.25, 0.3) is 0 Å². The summed E-state index contributed by atoms with van der Waals surface area (Å²) in [7, 11) is 1.27. The van der Waals surface area contributed by atoms with Gasteiger partial charge in [-0.25, -0.2) is 4.79 Å². The number of esters is 1. The van der Waals surface area contributed by atoms with Gasteiger partial charge in [-0.3, -0.25) is 9.59 Å². The van der Waals surface area contributed by atoms with E-state index in [2.05, 4.69) is 5.32 Å². The van der Waals surface area contributed by atoms with Gasteiger partial charge < -0.3 is 29.9 Å². The molecule has 1 aliphatic rings. The van der Waals surface area contributed by atoms with Crippen molar-refractivity contribution in [1.82, 2.24) is 10.2 Å². The number of rotatable bonds is 9. The van der Waals surface area contributed by atoms with Gasteiger partial charge in [0.2, 0.25) is 11.8 Å². The number of likely N-dealkylation sites (tertiary alicyclic amines) is 1. The average Bonchev–Trinajstić information content (AvgIpc) is 3.14. The summed E-state index contributed by atoms with van der Waals surface area (Å²) < 4.78 is 10.6. The van der Waals surface area contributed by atoms with Crippen LogP contribution in [0.15, 0.2) is 24.3 Å².